The average Bonchev–Trinajstić information content (AvgIpc) is 3.33. The minimum absolute atomic E-state index is 0.0674. The van der Waals surface area contributed by atoms with Crippen LogP contribution in [0.5, 0.6) is 0 Å². The predicted molar refractivity (Wildman–Crippen MR) is 136 cm³/mol. The van der Waals surface area contributed by atoms with E-state index in [4.69, 9.17) is 4.84 Å². The van der Waals surface area contributed by atoms with E-state index < -0.39 is 32.9 Å². The number of hydrogen-bond acceptors (Lipinski definition) is 6. The van der Waals surface area contributed by atoms with E-state index in [0.717, 1.165) is 28.8 Å². The molecule has 1 aromatic heterocycles. The first-order valence-electron chi connectivity index (χ1n) is 11.1. The molecule has 1 aliphatic rings. The van der Waals surface area contributed by atoms with Gasteiger partial charge in [0.1, 0.15) is 11.5 Å². The molecular formula is C27H20F2N4O3S. The fourth-order valence-corrected chi connectivity index (χ4v) is 4.84. The minimum atomic E-state index is -4.15. The number of sulfonamides is 1. The molecule has 0 bridgehead atoms. The lowest BCUT2D eigenvalue weighted by molar-refractivity contribution is 0.140. The first-order chi connectivity index (χ1) is 17.9. The molecule has 37 heavy (non-hydrogen) atoms. The van der Waals surface area contributed by atoms with Crippen molar-refractivity contribution in [2.75, 3.05) is 17.0 Å². The van der Waals surface area contributed by atoms with Gasteiger partial charge in [0.05, 0.1) is 23.3 Å². The summed E-state index contributed by atoms with van der Waals surface area (Å²) in [6, 6.07) is 21.0. The van der Waals surface area contributed by atoms with Gasteiger partial charge in [-0.15, -0.1) is 0 Å². The van der Waals surface area contributed by atoms with Gasteiger partial charge < -0.3 is 0 Å². The molecule has 0 saturated heterocycles. The summed E-state index contributed by atoms with van der Waals surface area (Å²) in [7, 11) is -2.68. The van der Waals surface area contributed by atoms with E-state index in [2.05, 4.69) is 27.0 Å². The molecule has 4 aromatic rings. The first kappa shape index (κ1) is 24.4. The molecule has 10 heteroatoms. The summed E-state index contributed by atoms with van der Waals surface area (Å²) in [5.74, 6) is 3.51. The van der Waals surface area contributed by atoms with Crippen molar-refractivity contribution in [2.24, 2.45) is 0 Å². The quantitative estimate of drug-likeness (QED) is 0.376. The lowest BCUT2D eigenvalue weighted by Gasteiger charge is -2.13. The second-order valence-electron chi connectivity index (χ2n) is 8.02. The van der Waals surface area contributed by atoms with Crippen LogP contribution in [0, 0.1) is 23.5 Å². The van der Waals surface area contributed by atoms with Crippen molar-refractivity contribution in [2.45, 2.75) is 11.4 Å². The number of aromatic nitrogens is 1. The van der Waals surface area contributed by atoms with Gasteiger partial charge in [0, 0.05) is 12.1 Å². The number of halogens is 2. The van der Waals surface area contributed by atoms with Crippen LogP contribution in [-0.4, -0.2) is 20.5 Å². The number of nitrogens with one attached hydrogen (secondary N) is 2. The zero-order valence-electron chi connectivity index (χ0n) is 19.5. The Hall–Kier alpha value is -4.30. The number of anilines is 2. The molecule has 3 aromatic carbocycles. The van der Waals surface area contributed by atoms with Crippen LogP contribution in [0.4, 0.5) is 20.3 Å². The van der Waals surface area contributed by atoms with E-state index in [1.54, 1.807) is 24.3 Å². The molecule has 0 amide bonds. The topological polar surface area (TPSA) is 83.6 Å². The number of benzene rings is 3. The number of fused-ring (bicyclic) bond motifs is 1. The number of pyridine rings is 1. The highest BCUT2D eigenvalue weighted by atomic mass is 32.2. The van der Waals surface area contributed by atoms with Gasteiger partial charge >= 0.3 is 0 Å². The maximum atomic E-state index is 15.2. The second kappa shape index (κ2) is 9.99. The summed E-state index contributed by atoms with van der Waals surface area (Å²) in [6.45, 7) is 0.518. The van der Waals surface area contributed by atoms with E-state index in [1.165, 1.54) is 24.4 Å². The monoisotopic (exact) mass is 518 g/mol. The number of rotatable bonds is 5. The van der Waals surface area contributed by atoms with Crippen LogP contribution in [0.1, 0.15) is 16.8 Å². The van der Waals surface area contributed by atoms with Crippen LogP contribution >= 0.6 is 0 Å². The largest absolute Gasteiger partial charge is 0.277 e. The minimum Gasteiger partial charge on any atom is -0.277 e. The number of hydrogen-bond donors (Lipinski definition) is 2. The summed E-state index contributed by atoms with van der Waals surface area (Å²) >= 11 is 0. The van der Waals surface area contributed by atoms with Crippen LogP contribution in [0.2, 0.25) is 0 Å². The highest BCUT2D eigenvalue weighted by Gasteiger charge is 2.21. The van der Waals surface area contributed by atoms with E-state index in [9.17, 15) is 12.8 Å². The molecule has 0 atom stereocenters. The lowest BCUT2D eigenvalue weighted by atomic mass is 10.1. The first-order valence-corrected chi connectivity index (χ1v) is 12.6. The van der Waals surface area contributed by atoms with Gasteiger partial charge in [0.25, 0.3) is 10.0 Å². The third kappa shape index (κ3) is 5.01. The highest BCUT2D eigenvalue weighted by molar-refractivity contribution is 7.92. The van der Waals surface area contributed by atoms with Crippen molar-refractivity contribution in [3.63, 3.8) is 0 Å². The van der Waals surface area contributed by atoms with Gasteiger partial charge in [-0.05, 0) is 47.4 Å². The standard InChI is InChI=1S/C27H20F2N4O3S/c1-36-33-27-20(17-30-33)7-10-21(31-27)11-14-23-24(28)15-16-25(26(23)29)32-37(34,35)22-12-8-19(9-13-22)18-5-3-2-4-6-18/h2-10,12-13,15-16,30,32H,17H2,1H3. The van der Waals surface area contributed by atoms with E-state index in [-0.39, 0.29) is 10.6 Å². The fraction of sp³-hybridized carbons (Fsp3) is 0.0741. The van der Waals surface area contributed by atoms with Crippen molar-refractivity contribution >= 4 is 21.5 Å². The normalized spacial score (nSPS) is 12.6. The van der Waals surface area contributed by atoms with Gasteiger partial charge in [-0.3, -0.25) is 9.56 Å². The predicted octanol–water partition coefficient (Wildman–Crippen LogP) is 4.61. The fourth-order valence-electron chi connectivity index (χ4n) is 3.78. The summed E-state index contributed by atoms with van der Waals surface area (Å²) in [6.07, 6.45) is 0. The van der Waals surface area contributed by atoms with Gasteiger partial charge in [-0.25, -0.2) is 27.6 Å². The molecule has 0 fully saturated rings. The smallest absolute Gasteiger partial charge is 0.261 e. The molecule has 2 heterocycles. The Balaban J connectivity index is 1.40. The number of nitrogens with zero attached hydrogens (tertiary/aromatic N) is 2. The Kier molecular flexibility index (Phi) is 6.58. The van der Waals surface area contributed by atoms with Crippen molar-refractivity contribution in [1.29, 1.82) is 0 Å². The van der Waals surface area contributed by atoms with Crippen LogP contribution in [0.15, 0.2) is 83.8 Å². The van der Waals surface area contributed by atoms with Crippen molar-refractivity contribution in [1.82, 2.24) is 10.4 Å². The molecule has 5 rings (SSSR count). The maximum absolute atomic E-state index is 15.2. The van der Waals surface area contributed by atoms with E-state index in [0.29, 0.717) is 12.4 Å². The van der Waals surface area contributed by atoms with Gasteiger partial charge in [-0.2, -0.15) is 5.17 Å². The molecule has 0 spiro atoms. The third-order valence-electron chi connectivity index (χ3n) is 5.67. The molecule has 1 aliphatic heterocycles. The molecule has 186 valence electrons. The Morgan fingerprint density at radius 2 is 1.68 bits per heavy atom. The zero-order chi connectivity index (χ0) is 26.0. The average molecular weight is 519 g/mol. The molecule has 7 nitrogen and oxygen atoms in total. The Bertz CT molecular complexity index is 1630. The Labute approximate surface area is 212 Å². The molecule has 0 saturated carbocycles. The summed E-state index contributed by atoms with van der Waals surface area (Å²) in [4.78, 5) is 9.42. The van der Waals surface area contributed by atoms with E-state index in [1.807, 2.05) is 30.3 Å². The zero-order valence-corrected chi connectivity index (χ0v) is 20.3. The Morgan fingerprint density at radius 1 is 0.946 bits per heavy atom. The second-order valence-corrected chi connectivity index (χ2v) is 9.70. The van der Waals surface area contributed by atoms with Crippen LogP contribution in [0.25, 0.3) is 11.1 Å². The van der Waals surface area contributed by atoms with Crippen molar-refractivity contribution < 1.29 is 22.0 Å². The van der Waals surface area contributed by atoms with Gasteiger partial charge in [0.15, 0.2) is 11.6 Å². The van der Waals surface area contributed by atoms with E-state index >= 15 is 4.39 Å². The van der Waals surface area contributed by atoms with Crippen molar-refractivity contribution in [3.05, 3.63) is 107 Å². The lowest BCUT2D eigenvalue weighted by Crippen LogP contribution is -2.31. The molecular weight excluding hydrogens is 498 g/mol. The van der Waals surface area contributed by atoms with Crippen LogP contribution < -0.4 is 15.3 Å². The van der Waals surface area contributed by atoms with Gasteiger partial charge in [-0.1, -0.05) is 54.5 Å². The molecule has 0 radical (unpaired) electrons. The summed E-state index contributed by atoms with van der Waals surface area (Å²) < 4.78 is 57.6. The summed E-state index contributed by atoms with van der Waals surface area (Å²) in [5.41, 5.74) is 4.84. The third-order valence-corrected chi connectivity index (χ3v) is 7.05. The summed E-state index contributed by atoms with van der Waals surface area (Å²) in [5, 5.41) is 1.36. The SMILES string of the molecule is CON1NCc2ccc(C#Cc3c(F)ccc(NS(=O)(=O)c4ccc(-c5ccccc5)cc4)c3F)nc21. The molecule has 2 N–H and O–H groups in total. The Morgan fingerprint density at radius 3 is 2.41 bits per heavy atom. The number of hydrazine groups is 1. The maximum Gasteiger partial charge on any atom is 0.261 e. The van der Waals surface area contributed by atoms with Gasteiger partial charge in [0.2, 0.25) is 0 Å². The highest BCUT2D eigenvalue weighted by Crippen LogP contribution is 2.26. The van der Waals surface area contributed by atoms with Crippen LogP contribution in [-0.2, 0) is 21.4 Å². The molecule has 0 aliphatic carbocycles. The van der Waals surface area contributed by atoms with Crippen molar-refractivity contribution in [3.8, 4) is 23.0 Å². The molecule has 0 unspecified atom stereocenters. The van der Waals surface area contributed by atoms with Crippen LogP contribution in [0.3, 0.4) is 0 Å².